The van der Waals surface area contributed by atoms with Gasteiger partial charge in [0.2, 0.25) is 0 Å². The highest BCUT2D eigenvalue weighted by Crippen LogP contribution is 2.24. The number of carbonyl (C=O) groups excluding carboxylic acids is 1. The van der Waals surface area contributed by atoms with Crippen molar-refractivity contribution >= 4 is 33.1 Å². The number of hydrogen-bond acceptors (Lipinski definition) is 4. The van der Waals surface area contributed by atoms with Gasteiger partial charge in [-0.15, -0.1) is 11.3 Å². The zero-order valence-electron chi connectivity index (χ0n) is 10.1. The number of amides is 1. The Morgan fingerprint density at radius 2 is 2.10 bits per heavy atom. The first-order valence-electron chi connectivity index (χ1n) is 5.76. The third-order valence-corrected chi connectivity index (χ3v) is 3.59. The number of nitrogens with zero attached hydrogens (tertiary/aromatic N) is 1. The van der Waals surface area contributed by atoms with Crippen molar-refractivity contribution in [1.82, 2.24) is 4.98 Å². The first-order valence-corrected chi connectivity index (χ1v) is 6.64. The molecule has 20 heavy (non-hydrogen) atoms. The van der Waals surface area contributed by atoms with Gasteiger partial charge in [-0.25, -0.2) is 9.37 Å². The van der Waals surface area contributed by atoms with E-state index in [4.69, 9.17) is 0 Å². The average molecular weight is 288 g/mol. The second kappa shape index (κ2) is 4.90. The molecule has 0 saturated heterocycles. The lowest BCUT2D eigenvalue weighted by molar-refractivity contribution is 0.102. The summed E-state index contributed by atoms with van der Waals surface area (Å²) in [5, 5.41) is 12.2. The summed E-state index contributed by atoms with van der Waals surface area (Å²) in [5.41, 5.74) is 3.20. The number of nitrogens with one attached hydrogen (secondary N) is 1. The van der Waals surface area contributed by atoms with E-state index in [-0.39, 0.29) is 11.3 Å². The number of fused-ring (bicyclic) bond motifs is 1. The number of carbonyl (C=O) groups is 1. The Bertz CT molecular complexity index is 801. The van der Waals surface area contributed by atoms with Gasteiger partial charge in [0.15, 0.2) is 0 Å². The number of thiazole rings is 1. The van der Waals surface area contributed by atoms with E-state index in [1.165, 1.54) is 17.4 Å². The molecule has 0 saturated carbocycles. The van der Waals surface area contributed by atoms with Crippen molar-refractivity contribution in [3.63, 3.8) is 0 Å². The van der Waals surface area contributed by atoms with Crippen molar-refractivity contribution in [1.29, 1.82) is 0 Å². The molecule has 0 aliphatic heterocycles. The molecule has 1 heterocycles. The number of rotatable bonds is 2. The lowest BCUT2D eigenvalue weighted by Crippen LogP contribution is -2.12. The van der Waals surface area contributed by atoms with E-state index in [1.807, 2.05) is 0 Å². The zero-order valence-corrected chi connectivity index (χ0v) is 10.9. The summed E-state index contributed by atoms with van der Waals surface area (Å²) >= 11 is 1.47. The van der Waals surface area contributed by atoms with Crippen molar-refractivity contribution < 1.29 is 14.3 Å². The normalized spacial score (nSPS) is 10.7. The number of anilines is 1. The van der Waals surface area contributed by atoms with Crippen LogP contribution in [0.15, 0.2) is 41.9 Å². The van der Waals surface area contributed by atoms with Crippen LogP contribution in [0.5, 0.6) is 5.75 Å². The Balaban J connectivity index is 1.87. The van der Waals surface area contributed by atoms with Crippen LogP contribution in [0.3, 0.4) is 0 Å². The third-order valence-electron chi connectivity index (χ3n) is 2.79. The third kappa shape index (κ3) is 2.33. The van der Waals surface area contributed by atoms with Gasteiger partial charge in [0.05, 0.1) is 21.3 Å². The molecule has 0 radical (unpaired) electrons. The minimum absolute atomic E-state index is 0.0239. The fourth-order valence-corrected chi connectivity index (χ4v) is 2.54. The fraction of sp³-hybridized carbons (Fsp3) is 0. The monoisotopic (exact) mass is 288 g/mol. The van der Waals surface area contributed by atoms with E-state index in [9.17, 15) is 14.3 Å². The highest BCUT2D eigenvalue weighted by Gasteiger charge is 2.12. The summed E-state index contributed by atoms with van der Waals surface area (Å²) in [6.07, 6.45) is 0. The van der Waals surface area contributed by atoms with Crippen LogP contribution in [0.2, 0.25) is 0 Å². The molecule has 4 nitrogen and oxygen atoms in total. The molecule has 3 rings (SSSR count). The highest BCUT2D eigenvalue weighted by molar-refractivity contribution is 7.16. The topological polar surface area (TPSA) is 62.2 Å². The lowest BCUT2D eigenvalue weighted by Gasteiger charge is -2.06. The van der Waals surface area contributed by atoms with Gasteiger partial charge < -0.3 is 10.4 Å². The van der Waals surface area contributed by atoms with E-state index in [2.05, 4.69) is 10.3 Å². The Morgan fingerprint density at radius 1 is 1.25 bits per heavy atom. The van der Waals surface area contributed by atoms with Crippen molar-refractivity contribution in [2.45, 2.75) is 0 Å². The molecule has 0 atom stereocenters. The summed E-state index contributed by atoms with van der Waals surface area (Å²) in [7, 11) is 0. The summed E-state index contributed by atoms with van der Waals surface area (Å²) in [4.78, 5) is 16.2. The van der Waals surface area contributed by atoms with E-state index in [1.54, 1.807) is 23.7 Å². The predicted octanol–water partition coefficient (Wildman–Crippen LogP) is 3.39. The molecule has 3 aromatic rings. The smallest absolute Gasteiger partial charge is 0.259 e. The molecule has 2 aromatic carbocycles. The van der Waals surface area contributed by atoms with Gasteiger partial charge in [-0.2, -0.15) is 0 Å². The molecule has 1 amide bonds. The minimum Gasteiger partial charge on any atom is -0.507 e. The van der Waals surface area contributed by atoms with Crippen molar-refractivity contribution in [3.05, 3.63) is 53.3 Å². The summed E-state index contributed by atoms with van der Waals surface area (Å²) in [6, 6.07) is 8.59. The number of aromatic hydroxyl groups is 1. The lowest BCUT2D eigenvalue weighted by atomic mass is 10.1. The van der Waals surface area contributed by atoms with Gasteiger partial charge in [0.25, 0.3) is 5.91 Å². The minimum atomic E-state index is -0.592. The van der Waals surface area contributed by atoms with Crippen LogP contribution in [-0.2, 0) is 0 Å². The first-order chi connectivity index (χ1) is 9.63. The maximum absolute atomic E-state index is 12.9. The van der Waals surface area contributed by atoms with E-state index in [0.29, 0.717) is 5.69 Å². The van der Waals surface area contributed by atoms with E-state index >= 15 is 0 Å². The molecule has 0 unspecified atom stereocenters. The molecule has 0 spiro atoms. The second-order valence-electron chi connectivity index (χ2n) is 4.15. The summed E-state index contributed by atoms with van der Waals surface area (Å²) in [6.45, 7) is 0. The maximum Gasteiger partial charge on any atom is 0.259 e. The van der Waals surface area contributed by atoms with Crippen LogP contribution < -0.4 is 5.32 Å². The molecule has 0 aliphatic carbocycles. The Hall–Kier alpha value is -2.47. The summed E-state index contributed by atoms with van der Waals surface area (Å²) < 4.78 is 13.8. The SMILES string of the molecule is O=C(Nc1ccc2ncsc2c1)c1ccc(F)cc1O. The summed E-state index contributed by atoms with van der Waals surface area (Å²) in [5.74, 6) is -1.47. The number of aromatic nitrogens is 1. The van der Waals surface area contributed by atoms with Crippen LogP contribution >= 0.6 is 11.3 Å². The molecule has 100 valence electrons. The molecule has 2 N–H and O–H groups in total. The van der Waals surface area contributed by atoms with Crippen molar-refractivity contribution in [3.8, 4) is 5.75 Å². The molecule has 0 bridgehead atoms. The number of halogens is 1. The highest BCUT2D eigenvalue weighted by atomic mass is 32.1. The maximum atomic E-state index is 12.9. The van der Waals surface area contributed by atoms with Gasteiger partial charge in [-0.05, 0) is 30.3 Å². The van der Waals surface area contributed by atoms with Gasteiger partial charge in [0.1, 0.15) is 11.6 Å². The molecule has 0 aliphatic rings. The molecule has 0 fully saturated rings. The standard InChI is InChI=1S/C14H9FN2O2S/c15-8-1-3-10(12(18)5-8)14(19)17-9-2-4-11-13(6-9)20-7-16-11/h1-7,18H,(H,17,19). The fourth-order valence-electron chi connectivity index (χ4n) is 1.83. The van der Waals surface area contributed by atoms with Crippen LogP contribution in [0, 0.1) is 5.82 Å². The molecule has 6 heteroatoms. The van der Waals surface area contributed by atoms with Crippen LogP contribution in [0.4, 0.5) is 10.1 Å². The molecular formula is C14H9FN2O2S. The van der Waals surface area contributed by atoms with Gasteiger partial charge >= 0.3 is 0 Å². The zero-order chi connectivity index (χ0) is 14.1. The van der Waals surface area contributed by atoms with Crippen LogP contribution in [0.25, 0.3) is 10.2 Å². The van der Waals surface area contributed by atoms with Crippen molar-refractivity contribution in [2.75, 3.05) is 5.32 Å². The Labute approximate surface area is 117 Å². The first kappa shape index (κ1) is 12.6. The van der Waals surface area contributed by atoms with Crippen molar-refractivity contribution in [2.24, 2.45) is 0 Å². The average Bonchev–Trinajstić information content (AvgIpc) is 2.85. The van der Waals surface area contributed by atoms with Gasteiger partial charge in [-0.3, -0.25) is 4.79 Å². The van der Waals surface area contributed by atoms with Gasteiger partial charge in [0, 0.05) is 11.8 Å². The number of phenolic OH excluding ortho intramolecular Hbond substituents is 1. The van der Waals surface area contributed by atoms with E-state index in [0.717, 1.165) is 22.3 Å². The number of hydrogen-bond donors (Lipinski definition) is 2. The number of benzene rings is 2. The van der Waals surface area contributed by atoms with Crippen LogP contribution in [0.1, 0.15) is 10.4 Å². The largest absolute Gasteiger partial charge is 0.507 e. The predicted molar refractivity (Wildman–Crippen MR) is 75.6 cm³/mol. The van der Waals surface area contributed by atoms with Crippen LogP contribution in [-0.4, -0.2) is 16.0 Å². The van der Waals surface area contributed by atoms with E-state index < -0.39 is 11.7 Å². The Kier molecular flexibility index (Phi) is 3.08. The Morgan fingerprint density at radius 3 is 2.90 bits per heavy atom. The molecule has 1 aromatic heterocycles. The van der Waals surface area contributed by atoms with Gasteiger partial charge in [-0.1, -0.05) is 0 Å². The second-order valence-corrected chi connectivity index (χ2v) is 5.04. The molecular weight excluding hydrogens is 279 g/mol. The number of phenols is 1. The quantitative estimate of drug-likeness (QED) is 0.759.